The van der Waals surface area contributed by atoms with Crippen molar-refractivity contribution in [3.8, 4) is 0 Å². The van der Waals surface area contributed by atoms with E-state index in [9.17, 15) is 13.2 Å². The fourth-order valence-corrected chi connectivity index (χ4v) is 1.04. The number of aliphatic hydroxyl groups excluding tert-OH is 4. The molecule has 0 rings (SSSR count). The third-order valence-electron chi connectivity index (χ3n) is 1.66. The number of ketones is 1. The minimum atomic E-state index is -4.88. The molecule has 0 aliphatic rings. The molecule has 17 heavy (non-hydrogen) atoms. The summed E-state index contributed by atoms with van der Waals surface area (Å²) in [4.78, 5) is 11.3. The third kappa shape index (κ3) is 5.99. The van der Waals surface area contributed by atoms with E-state index in [0.29, 0.717) is 0 Å². The summed E-state index contributed by atoms with van der Waals surface area (Å²) in [6, 6.07) is -1.70. The molecule has 0 aliphatic carbocycles. The number of hydrogen-bond donors (Lipinski definition) is 6. The van der Waals surface area contributed by atoms with Gasteiger partial charge < -0.3 is 20.4 Å². The normalized spacial score (nSPS) is 17.5. The van der Waals surface area contributed by atoms with Gasteiger partial charge >= 0.3 is 10.4 Å². The van der Waals surface area contributed by atoms with E-state index in [-0.39, 0.29) is 0 Å². The average Bonchev–Trinajstić information content (AvgIpc) is 2.25. The van der Waals surface area contributed by atoms with Crippen molar-refractivity contribution in [2.24, 2.45) is 0 Å². The molecule has 0 aromatic rings. The summed E-state index contributed by atoms with van der Waals surface area (Å²) in [6.07, 6.45) is -3.83. The Morgan fingerprint density at radius 2 is 1.76 bits per heavy atom. The minimum absolute atomic E-state index is 0.912. The second-order valence-electron chi connectivity index (χ2n) is 2.96. The summed E-state index contributed by atoms with van der Waals surface area (Å²) in [7, 11) is -4.88. The van der Waals surface area contributed by atoms with E-state index < -0.39 is 47.6 Å². The molecule has 0 spiro atoms. The van der Waals surface area contributed by atoms with Gasteiger partial charge in [0.15, 0.2) is 5.78 Å². The van der Waals surface area contributed by atoms with Crippen LogP contribution in [0.4, 0.5) is 0 Å². The fraction of sp³-hybridized carbons (Fsp3) is 0.833. The van der Waals surface area contributed by atoms with E-state index in [4.69, 9.17) is 25.0 Å². The average molecular weight is 275 g/mol. The maximum absolute atomic E-state index is 11.3. The van der Waals surface area contributed by atoms with Gasteiger partial charge in [0.05, 0.1) is 13.2 Å². The smallest absolute Gasteiger partial charge is 0.394 e. The van der Waals surface area contributed by atoms with Gasteiger partial charge in [-0.1, -0.05) is 0 Å². The first kappa shape index (κ1) is 16.3. The monoisotopic (exact) mass is 275 g/mol. The highest BCUT2D eigenvalue weighted by Crippen LogP contribution is 2.00. The van der Waals surface area contributed by atoms with Gasteiger partial charge in [0, 0.05) is 0 Å². The highest BCUT2D eigenvalue weighted by molar-refractivity contribution is 7.80. The quantitative estimate of drug-likeness (QED) is 0.189. The zero-order valence-corrected chi connectivity index (χ0v) is 9.24. The second kappa shape index (κ2) is 6.93. The van der Waals surface area contributed by atoms with Crippen LogP contribution < -0.4 is 5.48 Å². The molecule has 6 N–H and O–H groups in total. The molecule has 0 aromatic carbocycles. The van der Waals surface area contributed by atoms with E-state index in [0.717, 1.165) is 0 Å². The number of hydroxylamine groups is 1. The van der Waals surface area contributed by atoms with Crippen molar-refractivity contribution in [2.75, 3.05) is 13.2 Å². The number of aliphatic hydroxyl groups is 4. The molecule has 0 amide bonds. The summed E-state index contributed by atoms with van der Waals surface area (Å²) >= 11 is 0. The summed E-state index contributed by atoms with van der Waals surface area (Å²) in [5, 5.41) is 35.2. The number of rotatable bonds is 8. The van der Waals surface area contributed by atoms with E-state index >= 15 is 0 Å². The van der Waals surface area contributed by atoms with Crippen LogP contribution in [-0.4, -0.2) is 70.6 Å². The molecule has 102 valence electrons. The van der Waals surface area contributed by atoms with Crippen LogP contribution in [0.15, 0.2) is 0 Å². The third-order valence-corrected chi connectivity index (χ3v) is 1.97. The SMILES string of the molecule is O=C([C@H](CO)NOS(=O)(=O)O)[C@@H](O)[C@H](O)CO. The van der Waals surface area contributed by atoms with Crippen LogP contribution in [0.2, 0.25) is 0 Å². The van der Waals surface area contributed by atoms with Crippen LogP contribution in [0.5, 0.6) is 0 Å². The van der Waals surface area contributed by atoms with Crippen molar-refractivity contribution in [1.29, 1.82) is 0 Å². The maximum Gasteiger partial charge on any atom is 0.413 e. The molecule has 0 unspecified atom stereocenters. The molecule has 0 fully saturated rings. The molecule has 0 saturated heterocycles. The molecule has 3 atom stereocenters. The second-order valence-corrected chi connectivity index (χ2v) is 3.98. The Balaban J connectivity index is 4.50. The molecule has 0 aromatic heterocycles. The van der Waals surface area contributed by atoms with E-state index in [1.807, 2.05) is 0 Å². The lowest BCUT2D eigenvalue weighted by Gasteiger charge is -2.19. The lowest BCUT2D eigenvalue weighted by Crippen LogP contribution is -2.50. The van der Waals surface area contributed by atoms with Gasteiger partial charge in [-0.2, -0.15) is 18.2 Å². The molecule has 0 radical (unpaired) electrons. The van der Waals surface area contributed by atoms with Gasteiger partial charge in [0.2, 0.25) is 0 Å². The highest BCUT2D eigenvalue weighted by Gasteiger charge is 2.31. The van der Waals surface area contributed by atoms with Gasteiger partial charge in [0.1, 0.15) is 18.2 Å². The van der Waals surface area contributed by atoms with Crippen LogP contribution in [0.25, 0.3) is 0 Å². The van der Waals surface area contributed by atoms with Crippen molar-refractivity contribution in [3.63, 3.8) is 0 Å². The van der Waals surface area contributed by atoms with Crippen LogP contribution >= 0.6 is 0 Å². The molecule has 0 bridgehead atoms. The number of carbonyl (C=O) groups is 1. The predicted octanol–water partition coefficient (Wildman–Crippen LogP) is -4.05. The first-order chi connectivity index (χ1) is 7.72. The molecular weight excluding hydrogens is 262 g/mol. The van der Waals surface area contributed by atoms with Crippen molar-refractivity contribution >= 4 is 16.2 Å². The first-order valence-electron chi connectivity index (χ1n) is 4.26. The molecule has 11 heteroatoms. The molecule has 0 heterocycles. The zero-order chi connectivity index (χ0) is 13.6. The minimum Gasteiger partial charge on any atom is -0.394 e. The Morgan fingerprint density at radius 1 is 1.24 bits per heavy atom. The van der Waals surface area contributed by atoms with E-state index in [2.05, 4.69) is 4.28 Å². The van der Waals surface area contributed by atoms with Gasteiger partial charge in [-0.15, -0.1) is 0 Å². The van der Waals surface area contributed by atoms with Gasteiger partial charge in [0.25, 0.3) is 0 Å². The van der Waals surface area contributed by atoms with Gasteiger partial charge in [-0.25, -0.2) is 0 Å². The van der Waals surface area contributed by atoms with Crippen molar-refractivity contribution in [1.82, 2.24) is 5.48 Å². The molecular formula is C6H13NO9S. The lowest BCUT2D eigenvalue weighted by molar-refractivity contribution is -0.139. The standard InChI is InChI=1S/C6H13NO9S/c8-1-3(7-16-17(13,14)15)5(11)6(12)4(10)2-9/h3-4,6-10,12H,1-2H2,(H,13,14,15)/t3-,4+,6-/m0/s1. The van der Waals surface area contributed by atoms with Gasteiger partial charge in [-0.05, 0) is 0 Å². The molecule has 0 saturated carbocycles. The van der Waals surface area contributed by atoms with Crippen LogP contribution in [0.1, 0.15) is 0 Å². The van der Waals surface area contributed by atoms with Crippen LogP contribution in [0.3, 0.4) is 0 Å². The number of nitrogens with one attached hydrogen (secondary N) is 1. The number of carbonyl (C=O) groups excluding carboxylic acids is 1. The summed E-state index contributed by atoms with van der Waals surface area (Å²) in [5.74, 6) is -1.22. The Bertz CT molecular complexity index is 341. The molecule has 10 nitrogen and oxygen atoms in total. The van der Waals surface area contributed by atoms with Crippen molar-refractivity contribution in [3.05, 3.63) is 0 Å². The Hall–Kier alpha value is -0.660. The number of Topliss-reactive ketones (excluding diaryl/α,β-unsaturated/α-hetero) is 1. The fourth-order valence-electron chi connectivity index (χ4n) is 0.800. The topological polar surface area (TPSA) is 174 Å². The van der Waals surface area contributed by atoms with Crippen molar-refractivity contribution < 1.29 is 42.5 Å². The van der Waals surface area contributed by atoms with Gasteiger partial charge in [-0.3, -0.25) is 9.35 Å². The van der Waals surface area contributed by atoms with E-state index in [1.54, 1.807) is 0 Å². The predicted molar refractivity (Wildman–Crippen MR) is 50.7 cm³/mol. The summed E-state index contributed by atoms with van der Waals surface area (Å²) in [5.41, 5.74) is 1.48. The lowest BCUT2D eigenvalue weighted by atomic mass is 10.0. The maximum atomic E-state index is 11.3. The van der Waals surface area contributed by atoms with Crippen LogP contribution in [0, 0.1) is 0 Å². The largest absolute Gasteiger partial charge is 0.413 e. The number of hydrogen-bond acceptors (Lipinski definition) is 9. The van der Waals surface area contributed by atoms with Crippen LogP contribution in [-0.2, 0) is 19.5 Å². The summed E-state index contributed by atoms with van der Waals surface area (Å²) in [6.45, 7) is -1.88. The van der Waals surface area contributed by atoms with E-state index in [1.165, 1.54) is 5.48 Å². The summed E-state index contributed by atoms with van der Waals surface area (Å²) < 4.78 is 32.1. The Labute approximate surface area is 96.4 Å². The Morgan fingerprint density at radius 3 is 2.12 bits per heavy atom. The molecule has 0 aliphatic heterocycles. The highest BCUT2D eigenvalue weighted by atomic mass is 32.3. The zero-order valence-electron chi connectivity index (χ0n) is 8.42. The first-order valence-corrected chi connectivity index (χ1v) is 5.62. The Kier molecular flexibility index (Phi) is 6.66. The van der Waals surface area contributed by atoms with Crippen molar-refractivity contribution in [2.45, 2.75) is 18.2 Å².